The van der Waals surface area contributed by atoms with Crippen LogP contribution in [-0.2, 0) is 10.2 Å². The molecule has 0 aromatic heterocycles. The summed E-state index contributed by atoms with van der Waals surface area (Å²) in [6.45, 7) is 5.84. The molecule has 1 aliphatic heterocycles. The molecule has 1 heterocycles. The minimum atomic E-state index is -0.814. The van der Waals surface area contributed by atoms with Gasteiger partial charge in [-0.3, -0.25) is 0 Å². The van der Waals surface area contributed by atoms with Crippen molar-refractivity contribution >= 4 is 0 Å². The third-order valence-electron chi connectivity index (χ3n) is 4.23. The zero-order valence-electron chi connectivity index (χ0n) is 10.8. The first kappa shape index (κ1) is 13.4. The molecule has 0 radical (unpaired) electrons. The Morgan fingerprint density at radius 1 is 1.28 bits per heavy atom. The van der Waals surface area contributed by atoms with Crippen molar-refractivity contribution in [1.29, 1.82) is 0 Å². The average Bonchev–Trinajstić information content (AvgIpc) is 2.21. The summed E-state index contributed by atoms with van der Waals surface area (Å²) in [5, 5.41) is 0. The lowest BCUT2D eigenvalue weighted by atomic mass is 9.59. The van der Waals surface area contributed by atoms with Crippen molar-refractivity contribution in [1.82, 2.24) is 0 Å². The Morgan fingerprint density at radius 3 is 2.39 bits per heavy atom. The summed E-state index contributed by atoms with van der Waals surface area (Å²) in [4.78, 5) is 0. The van der Waals surface area contributed by atoms with Crippen molar-refractivity contribution in [3.63, 3.8) is 0 Å². The number of ether oxygens (including phenoxy) is 1. The molecule has 4 heteroatoms. The van der Waals surface area contributed by atoms with E-state index < -0.39 is 11.6 Å². The van der Waals surface area contributed by atoms with Gasteiger partial charge in [-0.1, -0.05) is 19.9 Å². The van der Waals surface area contributed by atoms with Gasteiger partial charge >= 0.3 is 0 Å². The molecule has 2 rings (SSSR count). The van der Waals surface area contributed by atoms with Gasteiger partial charge in [-0.2, -0.15) is 0 Å². The van der Waals surface area contributed by atoms with Crippen molar-refractivity contribution in [2.45, 2.75) is 25.7 Å². The summed E-state index contributed by atoms with van der Waals surface area (Å²) in [5.41, 5.74) is 6.07. The molecule has 1 aliphatic rings. The molecule has 1 saturated heterocycles. The Bertz CT molecular complexity index is 441. The highest BCUT2D eigenvalue weighted by molar-refractivity contribution is 5.32. The third-order valence-corrected chi connectivity index (χ3v) is 4.23. The Labute approximate surface area is 106 Å². The van der Waals surface area contributed by atoms with Gasteiger partial charge in [0.05, 0.1) is 13.2 Å². The van der Waals surface area contributed by atoms with Gasteiger partial charge < -0.3 is 10.5 Å². The summed E-state index contributed by atoms with van der Waals surface area (Å²) < 4.78 is 31.8. The van der Waals surface area contributed by atoms with Gasteiger partial charge in [0.15, 0.2) is 11.6 Å². The number of hydrogen-bond donors (Lipinski definition) is 1. The van der Waals surface area contributed by atoms with E-state index in [0.29, 0.717) is 19.8 Å². The van der Waals surface area contributed by atoms with Crippen LogP contribution in [-0.4, -0.2) is 19.8 Å². The summed E-state index contributed by atoms with van der Waals surface area (Å²) >= 11 is 0. The molecule has 0 atom stereocenters. The largest absolute Gasteiger partial charge is 0.379 e. The smallest absolute Gasteiger partial charge is 0.159 e. The van der Waals surface area contributed by atoms with Crippen molar-refractivity contribution < 1.29 is 13.5 Å². The SMILES string of the molecule is CC(C)(CCN)C1(c2ccc(F)c(F)c2)COC1. The molecule has 1 fully saturated rings. The van der Waals surface area contributed by atoms with E-state index in [9.17, 15) is 8.78 Å². The minimum Gasteiger partial charge on any atom is -0.379 e. The molecule has 100 valence electrons. The molecule has 1 aromatic carbocycles. The lowest BCUT2D eigenvalue weighted by Gasteiger charge is -2.53. The van der Waals surface area contributed by atoms with Gasteiger partial charge in [0.2, 0.25) is 0 Å². The molecule has 0 spiro atoms. The summed E-state index contributed by atoms with van der Waals surface area (Å²) in [7, 11) is 0. The second-order valence-electron chi connectivity index (χ2n) is 5.63. The second-order valence-corrected chi connectivity index (χ2v) is 5.63. The van der Waals surface area contributed by atoms with E-state index in [1.54, 1.807) is 6.07 Å². The first-order valence-electron chi connectivity index (χ1n) is 6.16. The summed E-state index contributed by atoms with van der Waals surface area (Å²) in [6, 6.07) is 4.12. The van der Waals surface area contributed by atoms with E-state index in [-0.39, 0.29) is 10.8 Å². The van der Waals surface area contributed by atoms with Crippen LogP contribution in [0, 0.1) is 17.0 Å². The summed E-state index contributed by atoms with van der Waals surface area (Å²) in [6.07, 6.45) is 0.815. The molecule has 0 unspecified atom stereocenters. The van der Waals surface area contributed by atoms with Crippen LogP contribution >= 0.6 is 0 Å². The van der Waals surface area contributed by atoms with Crippen molar-refractivity contribution in [3.8, 4) is 0 Å². The maximum atomic E-state index is 13.4. The monoisotopic (exact) mass is 255 g/mol. The van der Waals surface area contributed by atoms with Crippen molar-refractivity contribution in [2.75, 3.05) is 19.8 Å². The quantitative estimate of drug-likeness (QED) is 0.897. The van der Waals surface area contributed by atoms with Crippen molar-refractivity contribution in [2.24, 2.45) is 11.1 Å². The van der Waals surface area contributed by atoms with Gasteiger partial charge in [-0.05, 0) is 36.1 Å². The van der Waals surface area contributed by atoms with Crippen LogP contribution in [0.3, 0.4) is 0 Å². The molecule has 18 heavy (non-hydrogen) atoms. The molecule has 0 amide bonds. The average molecular weight is 255 g/mol. The van der Waals surface area contributed by atoms with E-state index in [1.807, 2.05) is 0 Å². The Balaban J connectivity index is 2.40. The highest BCUT2D eigenvalue weighted by atomic mass is 19.2. The highest BCUT2D eigenvalue weighted by Gasteiger charge is 2.51. The van der Waals surface area contributed by atoms with Crippen LogP contribution in [0.2, 0.25) is 0 Å². The fraction of sp³-hybridized carbons (Fsp3) is 0.571. The van der Waals surface area contributed by atoms with Gasteiger partial charge in [-0.15, -0.1) is 0 Å². The predicted octanol–water partition coefficient (Wildman–Crippen LogP) is 2.61. The number of hydrogen-bond acceptors (Lipinski definition) is 2. The zero-order chi connectivity index (χ0) is 13.4. The van der Waals surface area contributed by atoms with E-state index in [1.165, 1.54) is 12.1 Å². The van der Waals surface area contributed by atoms with Crippen LogP contribution in [0.1, 0.15) is 25.8 Å². The third kappa shape index (κ3) is 1.93. The maximum Gasteiger partial charge on any atom is 0.159 e. The fourth-order valence-corrected chi connectivity index (χ4v) is 2.65. The maximum absolute atomic E-state index is 13.4. The number of benzene rings is 1. The van der Waals surface area contributed by atoms with E-state index in [4.69, 9.17) is 10.5 Å². The van der Waals surface area contributed by atoms with E-state index in [0.717, 1.165) is 12.0 Å². The van der Waals surface area contributed by atoms with Crippen LogP contribution < -0.4 is 5.73 Å². The zero-order valence-corrected chi connectivity index (χ0v) is 10.8. The minimum absolute atomic E-state index is 0.107. The fourth-order valence-electron chi connectivity index (χ4n) is 2.65. The lowest BCUT2D eigenvalue weighted by Crippen LogP contribution is -2.57. The Hall–Kier alpha value is -1.00. The molecular formula is C14H19F2NO. The van der Waals surface area contributed by atoms with E-state index in [2.05, 4.69) is 13.8 Å². The van der Waals surface area contributed by atoms with E-state index >= 15 is 0 Å². The lowest BCUT2D eigenvalue weighted by molar-refractivity contribution is -0.121. The molecule has 0 saturated carbocycles. The second kappa shape index (κ2) is 4.59. The molecule has 2 nitrogen and oxygen atoms in total. The van der Waals surface area contributed by atoms with Gasteiger partial charge in [-0.25, -0.2) is 8.78 Å². The summed E-state index contributed by atoms with van der Waals surface area (Å²) in [5.74, 6) is -1.62. The highest BCUT2D eigenvalue weighted by Crippen LogP contribution is 2.49. The van der Waals surface area contributed by atoms with Crippen LogP contribution in [0.5, 0.6) is 0 Å². The first-order valence-corrected chi connectivity index (χ1v) is 6.16. The van der Waals surface area contributed by atoms with Crippen LogP contribution in [0.15, 0.2) is 18.2 Å². The van der Waals surface area contributed by atoms with Crippen LogP contribution in [0.25, 0.3) is 0 Å². The van der Waals surface area contributed by atoms with Crippen LogP contribution in [0.4, 0.5) is 8.78 Å². The standard InChI is InChI=1S/C14H19F2NO/c1-13(2,5-6-17)14(8-18-9-14)10-3-4-11(15)12(16)7-10/h3-4,7H,5-6,8-9,17H2,1-2H3. The normalized spacial score (nSPS) is 18.5. The van der Waals surface area contributed by atoms with Gasteiger partial charge in [0, 0.05) is 5.41 Å². The predicted molar refractivity (Wildman–Crippen MR) is 66.3 cm³/mol. The first-order chi connectivity index (χ1) is 8.43. The number of rotatable bonds is 4. The molecule has 1 aromatic rings. The topological polar surface area (TPSA) is 35.2 Å². The molecular weight excluding hydrogens is 236 g/mol. The number of nitrogens with two attached hydrogens (primary N) is 1. The van der Waals surface area contributed by atoms with Crippen molar-refractivity contribution in [3.05, 3.63) is 35.4 Å². The Morgan fingerprint density at radius 2 is 1.94 bits per heavy atom. The molecule has 0 aliphatic carbocycles. The van der Waals surface area contributed by atoms with Gasteiger partial charge in [0.25, 0.3) is 0 Å². The molecule has 0 bridgehead atoms. The Kier molecular flexibility index (Phi) is 3.43. The molecule has 2 N–H and O–H groups in total. The number of halogens is 2. The van der Waals surface area contributed by atoms with Gasteiger partial charge in [0.1, 0.15) is 0 Å².